The van der Waals surface area contributed by atoms with Crippen LogP contribution in [0.4, 0.5) is 22.9 Å². The Morgan fingerprint density at radius 1 is 0.629 bits per heavy atom. The molecule has 0 bridgehead atoms. The molecular weight excluding hydrogens is 1000 g/mol. The molecule has 2 aromatic heterocycles. The van der Waals surface area contributed by atoms with Crippen molar-refractivity contribution in [3.8, 4) is 0 Å². The van der Waals surface area contributed by atoms with E-state index in [1.54, 1.807) is 45.7 Å². The molecule has 4 heterocycles. The number of amides is 2. The molecule has 0 unspecified atom stereocenters. The van der Waals surface area contributed by atoms with Gasteiger partial charge in [-0.2, -0.15) is 19.0 Å². The standard InChI is InChI=1S/C16H25F2N3O4S.C16H27N3O4S.C12H10FNO4S2/c1-11-10-13(20(5)19-11)26(23,24)16(17,18)12-6-8-21(9-7-12)14(22)25-15(2,3)4;1-12-10-14(18(5)17-12)24(21,22)11-13-6-8-19(9-7-13)15(20)23-16(2,3)4;13-14(19(15,16)11-7-3-1-4-8-11)20(17,18)12-9-5-2-6-10-12/h10,12H,6-9H2,1-5H3;10,13H,6-9,11H2,1-5H3;1-10H. The molecule has 19 nitrogen and oxygen atoms in total. The number of benzene rings is 2. The van der Waals surface area contributed by atoms with Gasteiger partial charge in [0.25, 0.3) is 29.9 Å². The van der Waals surface area contributed by atoms with Crippen LogP contribution in [-0.2, 0) is 63.3 Å². The number of aromatic nitrogens is 4. The van der Waals surface area contributed by atoms with Gasteiger partial charge < -0.3 is 19.3 Å². The van der Waals surface area contributed by atoms with E-state index < -0.39 is 86.9 Å². The Labute approximate surface area is 408 Å². The smallest absolute Gasteiger partial charge is 0.410 e. The first kappa shape index (κ1) is 57.5. The molecule has 0 aliphatic carbocycles. The van der Waals surface area contributed by atoms with Crippen LogP contribution in [0.25, 0.3) is 0 Å². The summed E-state index contributed by atoms with van der Waals surface area (Å²) in [5.74, 6) is -1.24. The van der Waals surface area contributed by atoms with Crippen LogP contribution in [0, 0.1) is 25.7 Å². The fourth-order valence-corrected chi connectivity index (χ4v) is 13.8. The van der Waals surface area contributed by atoms with Crippen LogP contribution in [0.2, 0.25) is 0 Å². The van der Waals surface area contributed by atoms with Crippen LogP contribution in [0.5, 0.6) is 0 Å². The van der Waals surface area contributed by atoms with Crippen molar-refractivity contribution in [2.75, 3.05) is 31.9 Å². The van der Waals surface area contributed by atoms with Crippen LogP contribution in [0.1, 0.15) is 78.6 Å². The molecular formula is C44H62F3N7O12S4. The minimum absolute atomic E-state index is 0.0229. The number of piperidine rings is 2. The molecule has 0 atom stereocenters. The number of hydrogen-bond acceptors (Lipinski definition) is 14. The number of carbonyl (C=O) groups is 2. The van der Waals surface area contributed by atoms with E-state index in [0.717, 1.165) is 35.0 Å². The van der Waals surface area contributed by atoms with Crippen molar-refractivity contribution in [1.29, 1.82) is 0 Å². The van der Waals surface area contributed by atoms with Crippen molar-refractivity contribution >= 4 is 51.9 Å². The summed E-state index contributed by atoms with van der Waals surface area (Å²) in [5, 5.41) is 3.76. The monoisotopic (exact) mass is 1070 g/mol. The Bertz CT molecular complexity index is 2820. The van der Waals surface area contributed by atoms with E-state index in [1.165, 1.54) is 60.0 Å². The molecule has 390 valence electrons. The van der Waals surface area contributed by atoms with Crippen molar-refractivity contribution in [3.63, 3.8) is 0 Å². The first-order chi connectivity index (χ1) is 32.1. The normalized spacial score (nSPS) is 15.9. The number of hydrogen-bond donors (Lipinski definition) is 0. The third kappa shape index (κ3) is 14.5. The molecule has 2 saturated heterocycles. The van der Waals surface area contributed by atoms with Gasteiger partial charge in [-0.15, -0.1) is 4.48 Å². The molecule has 2 aliphatic heterocycles. The maximum atomic E-state index is 14.8. The van der Waals surface area contributed by atoms with Gasteiger partial charge in [0, 0.05) is 46.2 Å². The van der Waals surface area contributed by atoms with E-state index in [4.69, 9.17) is 9.47 Å². The molecule has 0 saturated carbocycles. The molecule has 2 aliphatic rings. The highest BCUT2D eigenvalue weighted by molar-refractivity contribution is 8.03. The fourth-order valence-electron chi connectivity index (χ4n) is 7.28. The average Bonchev–Trinajstić information content (AvgIpc) is 3.82. The largest absolute Gasteiger partial charge is 0.444 e. The predicted molar refractivity (Wildman–Crippen MR) is 251 cm³/mol. The van der Waals surface area contributed by atoms with Gasteiger partial charge in [-0.25, -0.2) is 43.3 Å². The van der Waals surface area contributed by atoms with Gasteiger partial charge in [0.05, 0.1) is 30.9 Å². The number of ether oxygens (including phenoxy) is 2. The SMILES string of the molecule is Cc1cc(S(=O)(=O)C(F)(F)C2CCN(C(=O)OC(C)(C)C)CC2)n(C)n1.Cc1cc(S(=O)(=O)CC2CCN(C(=O)OC(C)(C)C)CC2)n(C)n1.O=S(=O)(c1ccccc1)N(F)S(=O)(=O)c1ccccc1. The molecule has 0 spiro atoms. The van der Waals surface area contributed by atoms with Crippen molar-refractivity contribution < 1.29 is 66.0 Å². The maximum Gasteiger partial charge on any atom is 0.410 e. The van der Waals surface area contributed by atoms with Crippen molar-refractivity contribution in [2.45, 2.75) is 117 Å². The second-order valence-corrected chi connectivity index (χ2v) is 26.4. The van der Waals surface area contributed by atoms with E-state index in [-0.39, 0.29) is 48.7 Å². The van der Waals surface area contributed by atoms with E-state index in [1.807, 2.05) is 20.8 Å². The molecule has 70 heavy (non-hydrogen) atoms. The van der Waals surface area contributed by atoms with Crippen molar-refractivity contribution in [3.05, 3.63) is 84.2 Å². The topological polar surface area (TPSA) is 235 Å². The second-order valence-electron chi connectivity index (χ2n) is 18.8. The van der Waals surface area contributed by atoms with Crippen molar-refractivity contribution in [2.24, 2.45) is 25.9 Å². The molecule has 2 fully saturated rings. The van der Waals surface area contributed by atoms with Crippen LogP contribution >= 0.6 is 0 Å². The summed E-state index contributed by atoms with van der Waals surface area (Å²) in [5.41, 5.74) is -0.162. The first-order valence-electron chi connectivity index (χ1n) is 22.0. The number of likely N-dealkylation sites (tertiary alicyclic amines) is 2. The van der Waals surface area contributed by atoms with Gasteiger partial charge in [-0.1, -0.05) is 36.4 Å². The lowest BCUT2D eigenvalue weighted by molar-refractivity contribution is -0.0180. The van der Waals surface area contributed by atoms with Crippen LogP contribution in [-0.4, -0.2) is 128 Å². The lowest BCUT2D eigenvalue weighted by Gasteiger charge is -2.36. The molecule has 2 amide bonds. The molecule has 2 aromatic carbocycles. The quantitative estimate of drug-likeness (QED) is 0.148. The number of aryl methyl sites for hydroxylation is 4. The van der Waals surface area contributed by atoms with E-state index >= 15 is 0 Å². The number of sulfonamides is 2. The summed E-state index contributed by atoms with van der Waals surface area (Å²) >= 11 is 0. The fraction of sp³-hybridized carbons (Fsp3) is 0.545. The number of halogens is 3. The molecule has 0 N–H and O–H groups in total. The van der Waals surface area contributed by atoms with Gasteiger partial charge in [-0.3, -0.25) is 9.36 Å². The Kier molecular flexibility index (Phi) is 18.2. The Morgan fingerprint density at radius 3 is 1.33 bits per heavy atom. The lowest BCUT2D eigenvalue weighted by atomic mass is 9.97. The zero-order chi connectivity index (χ0) is 52.8. The van der Waals surface area contributed by atoms with Crippen LogP contribution < -0.4 is 0 Å². The maximum absolute atomic E-state index is 14.8. The highest BCUT2D eigenvalue weighted by Crippen LogP contribution is 2.41. The average molecular weight is 1070 g/mol. The minimum Gasteiger partial charge on any atom is -0.444 e. The van der Waals surface area contributed by atoms with Crippen LogP contribution in [0.3, 0.4) is 0 Å². The molecule has 26 heteroatoms. The number of rotatable bonds is 10. The number of sulfone groups is 2. The Morgan fingerprint density at radius 2 is 0.986 bits per heavy atom. The molecule has 6 rings (SSSR count). The van der Waals surface area contributed by atoms with Gasteiger partial charge >= 0.3 is 17.4 Å². The van der Waals surface area contributed by atoms with Gasteiger partial charge in [0.1, 0.15) is 11.2 Å². The highest BCUT2D eigenvalue weighted by atomic mass is 32.3. The zero-order valence-corrected chi connectivity index (χ0v) is 44.0. The van der Waals surface area contributed by atoms with Crippen molar-refractivity contribution in [1.82, 2.24) is 33.3 Å². The van der Waals surface area contributed by atoms with Gasteiger partial charge in [0.15, 0.2) is 19.9 Å². The first-order valence-corrected chi connectivity index (χ1v) is 28.0. The summed E-state index contributed by atoms with van der Waals surface area (Å²) in [6.45, 7) is 15.1. The van der Waals surface area contributed by atoms with E-state index in [9.17, 15) is 56.5 Å². The summed E-state index contributed by atoms with van der Waals surface area (Å²) in [6, 6.07) is 15.7. The lowest BCUT2D eigenvalue weighted by Crippen LogP contribution is -2.47. The minimum atomic E-state index is -4.88. The Hall–Kier alpha value is -5.05. The van der Waals surface area contributed by atoms with Crippen LogP contribution in [0.15, 0.2) is 92.6 Å². The van der Waals surface area contributed by atoms with E-state index in [2.05, 4.69) is 10.2 Å². The highest BCUT2D eigenvalue weighted by Gasteiger charge is 2.54. The Balaban J connectivity index is 0.000000230. The summed E-state index contributed by atoms with van der Waals surface area (Å²) in [6.07, 6.45) is 0.172. The van der Waals surface area contributed by atoms with Gasteiger partial charge in [-0.05, 0) is 123 Å². The summed E-state index contributed by atoms with van der Waals surface area (Å²) < 4.78 is 153. The summed E-state index contributed by atoms with van der Waals surface area (Å²) in [4.78, 5) is 26.2. The molecule has 4 aromatic rings. The number of alkyl halides is 2. The predicted octanol–water partition coefficient (Wildman–Crippen LogP) is 6.84. The molecule has 0 radical (unpaired) electrons. The summed E-state index contributed by atoms with van der Waals surface area (Å²) in [7, 11) is -14.8. The second kappa shape index (κ2) is 22.2. The third-order valence-corrected chi connectivity index (χ3v) is 18.3. The van der Waals surface area contributed by atoms with Gasteiger partial charge in [0.2, 0.25) is 0 Å². The number of nitrogens with zero attached hydrogens (tertiary/aromatic N) is 7. The zero-order valence-electron chi connectivity index (χ0n) is 40.7. The number of carbonyl (C=O) groups excluding carboxylic acids is 2. The third-order valence-electron chi connectivity index (χ3n) is 10.7. The van der Waals surface area contributed by atoms with E-state index in [0.29, 0.717) is 37.3 Å².